The van der Waals surface area contributed by atoms with Crippen molar-refractivity contribution in [1.82, 2.24) is 10.0 Å². The van der Waals surface area contributed by atoms with Gasteiger partial charge in [0.2, 0.25) is 5.91 Å². The second-order valence-electron chi connectivity index (χ2n) is 6.52. The maximum absolute atomic E-state index is 14.8. The first kappa shape index (κ1) is 20.9. The molecule has 0 aromatic heterocycles. The predicted molar refractivity (Wildman–Crippen MR) is 113 cm³/mol. The van der Waals surface area contributed by atoms with Crippen LogP contribution in [0.1, 0.15) is 12.5 Å². The summed E-state index contributed by atoms with van der Waals surface area (Å²) >= 11 is 1.42. The molecule has 3 rings (SSSR count). The predicted octanol–water partition coefficient (Wildman–Crippen LogP) is 3.84. The van der Waals surface area contributed by atoms with Gasteiger partial charge in [-0.3, -0.25) is 14.4 Å². The van der Waals surface area contributed by atoms with Crippen LogP contribution in [0.4, 0.5) is 14.9 Å². The molecule has 0 bridgehead atoms. The number of anilines is 1. The van der Waals surface area contributed by atoms with Gasteiger partial charge in [-0.25, -0.2) is 9.18 Å². The normalized spacial score (nSPS) is 15.9. The minimum absolute atomic E-state index is 0.198. The van der Waals surface area contributed by atoms with E-state index in [1.165, 1.54) is 29.8 Å². The summed E-state index contributed by atoms with van der Waals surface area (Å²) in [5, 5.41) is 4.33. The smallest absolute Gasteiger partial charge is 0.414 e. The fraction of sp³-hybridized carbons (Fsp3) is 0.238. The molecule has 0 aliphatic carbocycles. The summed E-state index contributed by atoms with van der Waals surface area (Å²) in [5.74, 6) is -0.621. The van der Waals surface area contributed by atoms with Gasteiger partial charge in [0.25, 0.3) is 0 Å². The minimum atomic E-state index is -0.554. The van der Waals surface area contributed by atoms with Gasteiger partial charge >= 0.3 is 6.09 Å². The highest BCUT2D eigenvalue weighted by Crippen LogP contribution is 2.29. The Morgan fingerprint density at radius 2 is 2.10 bits per heavy atom. The number of halogens is 1. The monoisotopic (exact) mass is 415 g/mol. The molecule has 6 nitrogen and oxygen atoms in total. The first-order chi connectivity index (χ1) is 14.0. The van der Waals surface area contributed by atoms with Crippen LogP contribution >= 0.6 is 11.9 Å². The molecule has 0 spiro atoms. The fourth-order valence-corrected chi connectivity index (χ4v) is 3.36. The van der Waals surface area contributed by atoms with Gasteiger partial charge in [0.05, 0.1) is 18.8 Å². The molecular formula is C21H22FN3O3S. The zero-order valence-corrected chi connectivity index (χ0v) is 16.8. The third-order valence-electron chi connectivity index (χ3n) is 4.43. The standard InChI is InChI=1S/C21H22FN3O3S/c1-3-29-24-11-15-4-6-16(7-5-15)19-9-8-17(10-20(19)22)25-13-18(28-21(25)27)12-23-14(2)26/h3-10,18,24H,1,11-13H2,2H3,(H,23,26). The van der Waals surface area contributed by atoms with E-state index < -0.39 is 18.0 Å². The molecule has 0 saturated carbocycles. The minimum Gasteiger partial charge on any atom is -0.442 e. The third kappa shape index (κ3) is 5.36. The quantitative estimate of drug-likeness (QED) is 0.506. The summed E-state index contributed by atoms with van der Waals surface area (Å²) in [5.41, 5.74) is 2.70. The number of nitrogens with zero attached hydrogens (tertiary/aromatic N) is 1. The van der Waals surface area contributed by atoms with E-state index in [4.69, 9.17) is 4.74 Å². The maximum Gasteiger partial charge on any atom is 0.414 e. The number of hydrogen-bond donors (Lipinski definition) is 2. The van der Waals surface area contributed by atoms with Crippen LogP contribution in [0.25, 0.3) is 11.1 Å². The second kappa shape index (κ2) is 9.58. The summed E-state index contributed by atoms with van der Waals surface area (Å²) < 4.78 is 23.1. The van der Waals surface area contributed by atoms with E-state index in [9.17, 15) is 14.0 Å². The van der Waals surface area contributed by atoms with Crippen molar-refractivity contribution in [3.05, 3.63) is 65.8 Å². The summed E-state index contributed by atoms with van der Waals surface area (Å²) in [4.78, 5) is 24.5. The number of amides is 2. The zero-order chi connectivity index (χ0) is 20.8. The van der Waals surface area contributed by atoms with E-state index in [1.807, 2.05) is 24.3 Å². The zero-order valence-electron chi connectivity index (χ0n) is 16.0. The van der Waals surface area contributed by atoms with Crippen LogP contribution in [-0.4, -0.2) is 31.2 Å². The van der Waals surface area contributed by atoms with Crippen LogP contribution in [0.5, 0.6) is 0 Å². The molecule has 2 amide bonds. The number of carbonyl (C=O) groups is 2. The lowest BCUT2D eigenvalue weighted by atomic mass is 10.0. The number of nitrogens with one attached hydrogen (secondary N) is 2. The van der Waals surface area contributed by atoms with E-state index in [0.29, 0.717) is 17.8 Å². The van der Waals surface area contributed by atoms with Crippen molar-refractivity contribution in [2.24, 2.45) is 0 Å². The van der Waals surface area contributed by atoms with Gasteiger partial charge in [0.15, 0.2) is 0 Å². The van der Waals surface area contributed by atoms with E-state index in [0.717, 1.165) is 11.1 Å². The molecule has 1 unspecified atom stereocenters. The van der Waals surface area contributed by atoms with E-state index in [1.54, 1.807) is 17.5 Å². The number of hydrogen-bond acceptors (Lipinski definition) is 5. The van der Waals surface area contributed by atoms with Crippen LogP contribution in [-0.2, 0) is 16.1 Å². The highest BCUT2D eigenvalue weighted by atomic mass is 32.2. The summed E-state index contributed by atoms with van der Waals surface area (Å²) in [6.07, 6.45) is -1.02. The lowest BCUT2D eigenvalue weighted by Crippen LogP contribution is -2.33. The van der Waals surface area contributed by atoms with Crippen molar-refractivity contribution in [3.63, 3.8) is 0 Å². The number of benzene rings is 2. The highest BCUT2D eigenvalue weighted by Gasteiger charge is 2.32. The van der Waals surface area contributed by atoms with Crippen molar-refractivity contribution < 1.29 is 18.7 Å². The van der Waals surface area contributed by atoms with Crippen LogP contribution in [0.15, 0.2) is 54.5 Å². The molecule has 1 aliphatic rings. The third-order valence-corrected chi connectivity index (χ3v) is 4.90. The van der Waals surface area contributed by atoms with Gasteiger partial charge in [-0.1, -0.05) is 42.8 Å². The van der Waals surface area contributed by atoms with Gasteiger partial charge in [-0.05, 0) is 34.7 Å². The molecule has 1 heterocycles. The molecule has 1 fully saturated rings. The Morgan fingerprint density at radius 3 is 2.76 bits per heavy atom. The fourth-order valence-electron chi connectivity index (χ4n) is 2.99. The molecule has 1 saturated heterocycles. The molecule has 2 aromatic carbocycles. The van der Waals surface area contributed by atoms with E-state index >= 15 is 0 Å². The average molecular weight is 415 g/mol. The second-order valence-corrected chi connectivity index (χ2v) is 7.38. The average Bonchev–Trinajstić information content (AvgIpc) is 3.08. The summed E-state index contributed by atoms with van der Waals surface area (Å²) in [6.45, 7) is 6.18. The Kier molecular flexibility index (Phi) is 6.90. The lowest BCUT2D eigenvalue weighted by Gasteiger charge is -2.14. The molecule has 1 aliphatic heterocycles. The van der Waals surface area contributed by atoms with Crippen molar-refractivity contribution in [3.8, 4) is 11.1 Å². The first-order valence-electron chi connectivity index (χ1n) is 9.09. The Balaban J connectivity index is 1.69. The molecule has 152 valence electrons. The van der Waals surface area contributed by atoms with Crippen LogP contribution < -0.4 is 14.9 Å². The topological polar surface area (TPSA) is 70.7 Å². The van der Waals surface area contributed by atoms with E-state index in [2.05, 4.69) is 16.6 Å². The maximum atomic E-state index is 14.8. The molecule has 2 aromatic rings. The SMILES string of the molecule is C=CSNCc1ccc(-c2ccc(N3CC(CNC(C)=O)OC3=O)cc2F)cc1. The van der Waals surface area contributed by atoms with Gasteiger partial charge in [0.1, 0.15) is 11.9 Å². The molecule has 0 radical (unpaired) electrons. The Morgan fingerprint density at radius 1 is 1.34 bits per heavy atom. The lowest BCUT2D eigenvalue weighted by molar-refractivity contribution is -0.119. The molecule has 2 N–H and O–H groups in total. The number of cyclic esters (lactones) is 1. The number of ether oxygens (including phenoxy) is 1. The highest BCUT2D eigenvalue weighted by molar-refractivity contribution is 8.00. The Labute approximate surface area is 173 Å². The molecule has 1 atom stereocenters. The van der Waals surface area contributed by atoms with Crippen molar-refractivity contribution in [2.75, 3.05) is 18.0 Å². The number of rotatable bonds is 8. The Bertz CT molecular complexity index is 905. The van der Waals surface area contributed by atoms with Gasteiger partial charge in [-0.2, -0.15) is 0 Å². The van der Waals surface area contributed by atoms with Crippen LogP contribution in [0.3, 0.4) is 0 Å². The molecule has 29 heavy (non-hydrogen) atoms. The first-order valence-corrected chi connectivity index (χ1v) is 9.96. The van der Waals surface area contributed by atoms with Crippen LogP contribution in [0.2, 0.25) is 0 Å². The van der Waals surface area contributed by atoms with Crippen molar-refractivity contribution >= 4 is 29.6 Å². The summed E-state index contributed by atoms with van der Waals surface area (Å²) in [6, 6.07) is 12.3. The van der Waals surface area contributed by atoms with Crippen molar-refractivity contribution in [2.45, 2.75) is 19.6 Å². The van der Waals surface area contributed by atoms with Gasteiger partial charge < -0.3 is 10.1 Å². The van der Waals surface area contributed by atoms with Gasteiger partial charge in [0, 0.05) is 19.0 Å². The van der Waals surface area contributed by atoms with Crippen molar-refractivity contribution in [1.29, 1.82) is 0 Å². The van der Waals surface area contributed by atoms with Gasteiger partial charge in [-0.15, -0.1) is 0 Å². The molecular weight excluding hydrogens is 393 g/mol. The Hall–Kier alpha value is -2.84. The summed E-state index contributed by atoms with van der Waals surface area (Å²) in [7, 11) is 0. The number of carbonyl (C=O) groups excluding carboxylic acids is 2. The molecule has 8 heteroatoms. The van der Waals surface area contributed by atoms with E-state index in [-0.39, 0.29) is 19.0 Å². The largest absolute Gasteiger partial charge is 0.442 e. The van der Waals surface area contributed by atoms with Crippen LogP contribution in [0, 0.1) is 5.82 Å².